The molecule has 0 saturated carbocycles. The van der Waals surface area contributed by atoms with Gasteiger partial charge in [-0.05, 0) is 17.2 Å². The van der Waals surface area contributed by atoms with E-state index in [-0.39, 0.29) is 18.7 Å². The van der Waals surface area contributed by atoms with E-state index in [2.05, 4.69) is 16.0 Å². The number of hydrogen-bond donors (Lipinski definition) is 4. The molecule has 9 heteroatoms. The number of carbonyl (C=O) groups is 4. The summed E-state index contributed by atoms with van der Waals surface area (Å²) in [6, 6.07) is 13.4. The number of carbonyl (C=O) groups excluding carboxylic acids is 4. The molecule has 4 amide bonds. The zero-order chi connectivity index (χ0) is 22.4. The highest BCUT2D eigenvalue weighted by Gasteiger charge is 2.35. The normalized spacial score (nSPS) is 19.1. The summed E-state index contributed by atoms with van der Waals surface area (Å²) in [5.41, 5.74) is 6.97. The molecule has 1 heterocycles. The first kappa shape index (κ1) is 22.3. The van der Waals surface area contributed by atoms with E-state index in [1.807, 2.05) is 30.3 Å². The van der Waals surface area contributed by atoms with Gasteiger partial charge in [0.1, 0.15) is 18.1 Å². The predicted molar refractivity (Wildman–Crippen MR) is 115 cm³/mol. The summed E-state index contributed by atoms with van der Waals surface area (Å²) < 4.78 is 0. The van der Waals surface area contributed by atoms with Crippen LogP contribution in [0.3, 0.4) is 0 Å². The lowest BCUT2D eigenvalue weighted by Gasteiger charge is -2.29. The fraction of sp³-hybridized carbons (Fsp3) is 0.273. The van der Waals surface area contributed by atoms with Gasteiger partial charge in [0.2, 0.25) is 23.6 Å². The van der Waals surface area contributed by atoms with Gasteiger partial charge in [0.25, 0.3) is 0 Å². The number of halogens is 1. The summed E-state index contributed by atoms with van der Waals surface area (Å²) in [5.74, 6) is -2.15. The minimum Gasteiger partial charge on any atom is -0.368 e. The van der Waals surface area contributed by atoms with Crippen LogP contribution in [0.5, 0.6) is 0 Å². The zero-order valence-corrected chi connectivity index (χ0v) is 17.4. The fourth-order valence-corrected chi connectivity index (χ4v) is 3.57. The number of nitrogens with two attached hydrogens (primary N) is 1. The third kappa shape index (κ3) is 6.05. The molecule has 5 N–H and O–H groups in total. The molecule has 8 nitrogen and oxygen atoms in total. The van der Waals surface area contributed by atoms with Gasteiger partial charge in [-0.1, -0.05) is 60.1 Å². The number of primary amides is 1. The smallest absolute Gasteiger partial charge is 0.243 e. The van der Waals surface area contributed by atoms with E-state index in [1.54, 1.807) is 24.3 Å². The molecule has 3 atom stereocenters. The molecule has 2 aromatic rings. The lowest BCUT2D eigenvalue weighted by Crippen LogP contribution is -2.63. The maximum atomic E-state index is 12.4. The van der Waals surface area contributed by atoms with Crippen LogP contribution in [0.1, 0.15) is 17.5 Å². The summed E-state index contributed by atoms with van der Waals surface area (Å²) in [4.78, 5) is 49.0. The molecule has 1 fully saturated rings. The van der Waals surface area contributed by atoms with Crippen molar-refractivity contribution in [3.05, 3.63) is 70.7 Å². The molecule has 0 spiro atoms. The monoisotopic (exact) mass is 442 g/mol. The average molecular weight is 443 g/mol. The summed E-state index contributed by atoms with van der Waals surface area (Å²) >= 11 is 6.11. The van der Waals surface area contributed by atoms with Crippen LogP contribution in [0, 0.1) is 0 Å². The van der Waals surface area contributed by atoms with Gasteiger partial charge in [-0.25, -0.2) is 0 Å². The van der Waals surface area contributed by atoms with Crippen LogP contribution in [0.25, 0.3) is 0 Å². The Morgan fingerprint density at radius 1 is 0.968 bits per heavy atom. The third-order valence-electron chi connectivity index (χ3n) is 5.00. The number of rotatable bonds is 8. The molecule has 3 rings (SSSR count). The van der Waals surface area contributed by atoms with Gasteiger partial charge in [-0.2, -0.15) is 0 Å². The summed E-state index contributed by atoms with van der Waals surface area (Å²) in [6.45, 7) is 0. The fourth-order valence-electron chi connectivity index (χ4n) is 3.36. The van der Waals surface area contributed by atoms with Crippen molar-refractivity contribution in [2.24, 2.45) is 5.73 Å². The Kier molecular flexibility index (Phi) is 7.25. The van der Waals surface area contributed by atoms with Gasteiger partial charge in [0, 0.05) is 17.9 Å². The van der Waals surface area contributed by atoms with Gasteiger partial charge < -0.3 is 21.7 Å². The SMILES string of the molecule is NC(=O)[C@H](Cc1ccccc1Cl)NC(=O)C[C@@H]1NC(=O)[C@H](Cc2ccccc2)NC1=O. The molecule has 0 aliphatic carbocycles. The average Bonchev–Trinajstić information content (AvgIpc) is 2.73. The first-order chi connectivity index (χ1) is 14.8. The van der Waals surface area contributed by atoms with Gasteiger partial charge in [-0.15, -0.1) is 0 Å². The topological polar surface area (TPSA) is 130 Å². The Labute approximate surface area is 184 Å². The van der Waals surface area contributed by atoms with E-state index in [0.717, 1.165) is 5.56 Å². The number of nitrogens with one attached hydrogen (secondary N) is 3. The molecule has 1 aliphatic heterocycles. The minimum absolute atomic E-state index is 0.114. The van der Waals surface area contributed by atoms with Gasteiger partial charge >= 0.3 is 0 Å². The zero-order valence-electron chi connectivity index (χ0n) is 16.6. The summed E-state index contributed by atoms with van der Waals surface area (Å²) in [7, 11) is 0. The lowest BCUT2D eigenvalue weighted by molar-refractivity contribution is -0.138. The molecular weight excluding hydrogens is 420 g/mol. The van der Waals surface area contributed by atoms with E-state index in [1.165, 1.54) is 0 Å². The predicted octanol–water partition coefficient (Wildman–Crippen LogP) is 0.469. The summed E-state index contributed by atoms with van der Waals surface area (Å²) in [5, 5.41) is 8.21. The molecule has 0 radical (unpaired) electrons. The van der Waals surface area contributed by atoms with E-state index in [0.29, 0.717) is 17.0 Å². The second kappa shape index (κ2) is 10.1. The first-order valence-electron chi connectivity index (χ1n) is 9.80. The number of piperazine rings is 1. The largest absolute Gasteiger partial charge is 0.368 e. The molecule has 162 valence electrons. The van der Waals surface area contributed by atoms with E-state index >= 15 is 0 Å². The van der Waals surface area contributed by atoms with E-state index in [9.17, 15) is 19.2 Å². The highest BCUT2D eigenvalue weighted by molar-refractivity contribution is 6.31. The highest BCUT2D eigenvalue weighted by Crippen LogP contribution is 2.17. The minimum atomic E-state index is -1.03. The van der Waals surface area contributed by atoms with Crippen molar-refractivity contribution in [3.8, 4) is 0 Å². The molecule has 1 saturated heterocycles. The Bertz CT molecular complexity index is 982. The van der Waals surface area contributed by atoms with Crippen LogP contribution in [0.2, 0.25) is 5.02 Å². The van der Waals surface area contributed by atoms with E-state index in [4.69, 9.17) is 17.3 Å². The van der Waals surface area contributed by atoms with Crippen molar-refractivity contribution in [1.82, 2.24) is 16.0 Å². The van der Waals surface area contributed by atoms with Crippen LogP contribution in [0.4, 0.5) is 0 Å². The quantitative estimate of drug-likeness (QED) is 0.473. The van der Waals surface area contributed by atoms with Gasteiger partial charge in [0.05, 0.1) is 6.42 Å². The maximum absolute atomic E-state index is 12.4. The van der Waals surface area contributed by atoms with Gasteiger partial charge in [0.15, 0.2) is 0 Å². The Hall–Kier alpha value is -3.39. The Morgan fingerprint density at radius 3 is 2.26 bits per heavy atom. The number of amides is 4. The standard InChI is InChI=1S/C22H23ClN4O4/c23-15-9-5-4-8-14(15)11-16(20(24)29)25-19(28)12-18-22(31)26-17(21(30)27-18)10-13-6-2-1-3-7-13/h1-9,16-18H,10-12H2,(H2,24,29)(H,25,28)(H,26,31)(H,27,30)/t16-,17-,18-/m0/s1. The van der Waals surface area contributed by atoms with Crippen molar-refractivity contribution in [3.63, 3.8) is 0 Å². The molecule has 0 bridgehead atoms. The van der Waals surface area contributed by atoms with Crippen LogP contribution in [0.15, 0.2) is 54.6 Å². The number of hydrogen-bond acceptors (Lipinski definition) is 4. The summed E-state index contributed by atoms with van der Waals surface area (Å²) in [6.07, 6.45) is 0.143. The Morgan fingerprint density at radius 2 is 1.58 bits per heavy atom. The molecule has 31 heavy (non-hydrogen) atoms. The molecule has 0 aromatic heterocycles. The number of benzene rings is 2. The van der Waals surface area contributed by atoms with Crippen LogP contribution in [-0.2, 0) is 32.0 Å². The molecule has 0 unspecified atom stereocenters. The van der Waals surface area contributed by atoms with Crippen molar-refractivity contribution >= 4 is 35.2 Å². The third-order valence-corrected chi connectivity index (χ3v) is 5.37. The second-order valence-corrected chi connectivity index (χ2v) is 7.74. The second-order valence-electron chi connectivity index (χ2n) is 7.33. The van der Waals surface area contributed by atoms with Crippen molar-refractivity contribution in [1.29, 1.82) is 0 Å². The van der Waals surface area contributed by atoms with E-state index < -0.39 is 35.8 Å². The molecule has 1 aliphatic rings. The van der Waals surface area contributed by atoms with Crippen molar-refractivity contribution < 1.29 is 19.2 Å². The highest BCUT2D eigenvalue weighted by atomic mass is 35.5. The van der Waals surface area contributed by atoms with Gasteiger partial charge in [-0.3, -0.25) is 19.2 Å². The maximum Gasteiger partial charge on any atom is 0.243 e. The Balaban J connectivity index is 1.57. The molecular formula is C22H23ClN4O4. The van der Waals surface area contributed by atoms with Crippen LogP contribution in [-0.4, -0.2) is 41.8 Å². The van der Waals surface area contributed by atoms with Crippen LogP contribution >= 0.6 is 11.6 Å². The van der Waals surface area contributed by atoms with Crippen molar-refractivity contribution in [2.45, 2.75) is 37.4 Å². The first-order valence-corrected chi connectivity index (χ1v) is 10.2. The van der Waals surface area contributed by atoms with Crippen LogP contribution < -0.4 is 21.7 Å². The molecule has 2 aromatic carbocycles. The lowest BCUT2D eigenvalue weighted by atomic mass is 10.0. The van der Waals surface area contributed by atoms with Crippen molar-refractivity contribution in [2.75, 3.05) is 0 Å².